The molecule has 1 aromatic carbocycles. The predicted molar refractivity (Wildman–Crippen MR) is 105 cm³/mol. The van der Waals surface area contributed by atoms with Crippen LogP contribution < -0.4 is 0 Å². The molecule has 0 radical (unpaired) electrons. The van der Waals surface area contributed by atoms with Gasteiger partial charge in [0.15, 0.2) is 0 Å². The molecular weight excluding hydrogens is 356 g/mol. The fourth-order valence-corrected chi connectivity index (χ4v) is 3.15. The summed E-state index contributed by atoms with van der Waals surface area (Å²) in [7, 11) is 1.64. The van der Waals surface area contributed by atoms with Crippen LogP contribution in [-0.4, -0.2) is 48.4 Å². The molecule has 2 amide bonds. The van der Waals surface area contributed by atoms with Crippen LogP contribution in [0.15, 0.2) is 53.1 Å². The van der Waals surface area contributed by atoms with Crippen LogP contribution in [0.5, 0.6) is 0 Å². The second-order valence-electron chi connectivity index (χ2n) is 7.20. The number of amides is 2. The van der Waals surface area contributed by atoms with E-state index in [1.165, 1.54) is 0 Å². The van der Waals surface area contributed by atoms with Crippen molar-refractivity contribution in [3.8, 4) is 0 Å². The van der Waals surface area contributed by atoms with Gasteiger partial charge in [0.25, 0.3) is 0 Å². The van der Waals surface area contributed by atoms with Gasteiger partial charge in [-0.2, -0.15) is 0 Å². The maximum atomic E-state index is 13.1. The van der Waals surface area contributed by atoms with E-state index in [-0.39, 0.29) is 24.3 Å². The van der Waals surface area contributed by atoms with Crippen LogP contribution in [0.3, 0.4) is 0 Å². The lowest BCUT2D eigenvalue weighted by atomic mass is 10.2. The summed E-state index contributed by atoms with van der Waals surface area (Å²) in [6.45, 7) is 2.05. The Morgan fingerprint density at radius 2 is 1.86 bits per heavy atom. The van der Waals surface area contributed by atoms with Crippen molar-refractivity contribution < 1.29 is 18.7 Å². The first kappa shape index (κ1) is 20.1. The van der Waals surface area contributed by atoms with Crippen LogP contribution in [0, 0.1) is 5.92 Å². The normalized spacial score (nSPS) is 13.3. The van der Waals surface area contributed by atoms with Crippen molar-refractivity contribution in [1.29, 1.82) is 0 Å². The number of hydrogen-bond donors (Lipinski definition) is 0. The lowest BCUT2D eigenvalue weighted by Crippen LogP contribution is -2.43. The zero-order valence-corrected chi connectivity index (χ0v) is 16.4. The summed E-state index contributed by atoms with van der Waals surface area (Å²) in [5, 5.41) is 0. The molecule has 1 aliphatic rings. The quantitative estimate of drug-likeness (QED) is 0.559. The fraction of sp³-hybridized carbons (Fsp3) is 0.455. The van der Waals surface area contributed by atoms with Crippen molar-refractivity contribution >= 4 is 11.8 Å². The van der Waals surface area contributed by atoms with Gasteiger partial charge in [0, 0.05) is 32.7 Å². The molecule has 6 nitrogen and oxygen atoms in total. The van der Waals surface area contributed by atoms with Crippen LogP contribution >= 0.6 is 0 Å². The number of hydrogen-bond acceptors (Lipinski definition) is 4. The van der Waals surface area contributed by atoms with E-state index in [2.05, 4.69) is 0 Å². The minimum Gasteiger partial charge on any atom is -0.467 e. The molecule has 0 atom stereocenters. The molecule has 1 aliphatic carbocycles. The highest BCUT2D eigenvalue weighted by Gasteiger charge is 2.34. The lowest BCUT2D eigenvalue weighted by molar-refractivity contribution is -0.142. The number of benzene rings is 1. The summed E-state index contributed by atoms with van der Waals surface area (Å²) >= 11 is 0. The Labute approximate surface area is 166 Å². The zero-order valence-electron chi connectivity index (χ0n) is 16.4. The average molecular weight is 384 g/mol. The molecule has 2 aromatic rings. The second kappa shape index (κ2) is 10.1. The monoisotopic (exact) mass is 384 g/mol. The number of methoxy groups -OCH3 is 1. The molecule has 1 aromatic heterocycles. The first-order valence-corrected chi connectivity index (χ1v) is 9.79. The molecule has 1 saturated carbocycles. The summed E-state index contributed by atoms with van der Waals surface area (Å²) in [5.41, 5.74) is 1.04. The van der Waals surface area contributed by atoms with Crippen molar-refractivity contribution in [2.24, 2.45) is 5.92 Å². The van der Waals surface area contributed by atoms with Gasteiger partial charge in [-0.1, -0.05) is 30.3 Å². The van der Waals surface area contributed by atoms with E-state index in [1.54, 1.807) is 23.2 Å². The van der Waals surface area contributed by atoms with E-state index in [0.29, 0.717) is 26.2 Å². The summed E-state index contributed by atoms with van der Waals surface area (Å²) in [5.74, 6) is 0.820. The molecule has 0 spiro atoms. The van der Waals surface area contributed by atoms with Gasteiger partial charge in [0.2, 0.25) is 11.8 Å². The first-order chi connectivity index (χ1) is 13.7. The topological polar surface area (TPSA) is 63.0 Å². The van der Waals surface area contributed by atoms with Crippen molar-refractivity contribution in [3.63, 3.8) is 0 Å². The SMILES string of the molecule is COCCCN(CC(=O)N(Cc1ccccc1)Cc1ccco1)C(=O)C1CC1. The Balaban J connectivity index is 1.69. The maximum absolute atomic E-state index is 13.1. The molecular formula is C22H28N2O4. The van der Waals surface area contributed by atoms with E-state index < -0.39 is 0 Å². The van der Waals surface area contributed by atoms with Gasteiger partial charge in [0.1, 0.15) is 5.76 Å². The number of carbonyl (C=O) groups excluding carboxylic acids is 2. The van der Waals surface area contributed by atoms with Gasteiger partial charge >= 0.3 is 0 Å². The van der Waals surface area contributed by atoms with Gasteiger partial charge in [-0.15, -0.1) is 0 Å². The van der Waals surface area contributed by atoms with E-state index in [9.17, 15) is 9.59 Å². The molecule has 3 rings (SSSR count). The minimum atomic E-state index is -0.0772. The maximum Gasteiger partial charge on any atom is 0.242 e. The minimum absolute atomic E-state index is 0.0772. The van der Waals surface area contributed by atoms with Gasteiger partial charge in [-0.05, 0) is 37.0 Å². The van der Waals surface area contributed by atoms with E-state index in [4.69, 9.17) is 9.15 Å². The molecule has 1 heterocycles. The van der Waals surface area contributed by atoms with Crippen molar-refractivity contribution in [2.75, 3.05) is 26.8 Å². The molecule has 150 valence electrons. The average Bonchev–Trinajstić information content (AvgIpc) is 3.44. The van der Waals surface area contributed by atoms with Crippen molar-refractivity contribution in [2.45, 2.75) is 32.4 Å². The summed E-state index contributed by atoms with van der Waals surface area (Å²) in [6.07, 6.45) is 4.18. The van der Waals surface area contributed by atoms with Crippen LogP contribution in [0.2, 0.25) is 0 Å². The number of nitrogens with zero attached hydrogens (tertiary/aromatic N) is 2. The molecule has 0 N–H and O–H groups in total. The molecule has 0 saturated heterocycles. The van der Waals surface area contributed by atoms with Gasteiger partial charge in [-0.3, -0.25) is 9.59 Å². The van der Waals surface area contributed by atoms with E-state index >= 15 is 0 Å². The predicted octanol–water partition coefficient (Wildman–Crippen LogP) is 3.08. The third kappa shape index (κ3) is 5.96. The molecule has 0 unspecified atom stereocenters. The Bertz CT molecular complexity index is 741. The van der Waals surface area contributed by atoms with Crippen LogP contribution in [-0.2, 0) is 27.4 Å². The van der Waals surface area contributed by atoms with E-state index in [0.717, 1.165) is 30.6 Å². The standard InChI is InChI=1S/C22H28N2O4/c1-27-13-6-12-23(22(26)19-10-11-19)17-21(25)24(16-20-9-5-14-28-20)15-18-7-3-2-4-8-18/h2-5,7-9,14,19H,6,10-13,15-17H2,1H3. The molecule has 6 heteroatoms. The number of furan rings is 1. The first-order valence-electron chi connectivity index (χ1n) is 9.79. The Morgan fingerprint density at radius 1 is 1.07 bits per heavy atom. The third-order valence-corrected chi connectivity index (χ3v) is 4.84. The largest absolute Gasteiger partial charge is 0.467 e. The molecule has 28 heavy (non-hydrogen) atoms. The van der Waals surface area contributed by atoms with Crippen LogP contribution in [0.1, 0.15) is 30.6 Å². The second-order valence-corrected chi connectivity index (χ2v) is 7.20. The fourth-order valence-electron chi connectivity index (χ4n) is 3.15. The summed E-state index contributed by atoms with van der Waals surface area (Å²) in [4.78, 5) is 29.2. The Morgan fingerprint density at radius 3 is 2.50 bits per heavy atom. The highest BCUT2D eigenvalue weighted by molar-refractivity contribution is 5.87. The van der Waals surface area contributed by atoms with Gasteiger partial charge < -0.3 is 19.0 Å². The van der Waals surface area contributed by atoms with Crippen molar-refractivity contribution in [1.82, 2.24) is 9.80 Å². The summed E-state index contributed by atoms with van der Waals surface area (Å²) < 4.78 is 10.5. The van der Waals surface area contributed by atoms with E-state index in [1.807, 2.05) is 42.5 Å². The van der Waals surface area contributed by atoms with Gasteiger partial charge in [0.05, 0.1) is 19.4 Å². The van der Waals surface area contributed by atoms with Crippen molar-refractivity contribution in [3.05, 3.63) is 60.1 Å². The highest BCUT2D eigenvalue weighted by Crippen LogP contribution is 2.31. The van der Waals surface area contributed by atoms with Crippen LogP contribution in [0.4, 0.5) is 0 Å². The smallest absolute Gasteiger partial charge is 0.242 e. The molecule has 1 fully saturated rings. The Hall–Kier alpha value is -2.60. The molecule has 0 bridgehead atoms. The number of carbonyl (C=O) groups is 2. The summed E-state index contributed by atoms with van der Waals surface area (Å²) in [6, 6.07) is 13.5. The zero-order chi connectivity index (χ0) is 19.8. The third-order valence-electron chi connectivity index (χ3n) is 4.84. The number of ether oxygens (including phenoxy) is 1. The highest BCUT2D eigenvalue weighted by atomic mass is 16.5. The van der Waals surface area contributed by atoms with Crippen LogP contribution in [0.25, 0.3) is 0 Å². The molecule has 0 aliphatic heterocycles. The number of rotatable bonds is 11. The lowest BCUT2D eigenvalue weighted by Gasteiger charge is -2.27. The van der Waals surface area contributed by atoms with Gasteiger partial charge in [-0.25, -0.2) is 0 Å². The Kier molecular flexibility index (Phi) is 7.25.